The molecule has 0 atom stereocenters. The van der Waals surface area contributed by atoms with Crippen molar-refractivity contribution in [3.05, 3.63) is 70.7 Å². The Bertz CT molecular complexity index is 1060. The average Bonchev–Trinajstić information content (AvgIpc) is 2.89. The van der Waals surface area contributed by atoms with Crippen LogP contribution in [0.15, 0.2) is 68.7 Å². The fourth-order valence-corrected chi connectivity index (χ4v) is 3.49. The highest BCUT2D eigenvalue weighted by Crippen LogP contribution is 2.17. The van der Waals surface area contributed by atoms with Crippen LogP contribution < -0.4 is 10.5 Å². The molecule has 0 saturated carbocycles. The molecule has 3 rings (SSSR count). The number of sulfonamides is 1. The first kappa shape index (κ1) is 17.2. The maximum absolute atomic E-state index is 12.3. The Hall–Kier alpha value is -2.64. The molecular weight excluding hydrogens is 340 g/mol. The smallest absolute Gasteiger partial charge is 0.408 e. The van der Waals surface area contributed by atoms with Crippen LogP contribution in [-0.4, -0.2) is 19.5 Å². The molecule has 0 unspecified atom stereocenters. The van der Waals surface area contributed by atoms with Gasteiger partial charge in [0.15, 0.2) is 5.58 Å². The minimum atomic E-state index is -3.66. The lowest BCUT2D eigenvalue weighted by Gasteiger charge is -2.05. The number of aryl methyl sites for hydroxylation is 1. The Kier molecular flexibility index (Phi) is 4.87. The summed E-state index contributed by atoms with van der Waals surface area (Å²) in [5.41, 5.74) is 1.86. The predicted molar refractivity (Wildman–Crippen MR) is 96.7 cm³/mol. The lowest BCUT2D eigenvalue weighted by molar-refractivity contribution is 0.527. The molecule has 1 heterocycles. The maximum atomic E-state index is 12.3. The van der Waals surface area contributed by atoms with Gasteiger partial charge in [0.05, 0.1) is 10.4 Å². The zero-order valence-electron chi connectivity index (χ0n) is 13.7. The van der Waals surface area contributed by atoms with Crippen molar-refractivity contribution in [2.75, 3.05) is 6.54 Å². The molecule has 0 bridgehead atoms. The van der Waals surface area contributed by atoms with Crippen LogP contribution in [0.25, 0.3) is 17.2 Å². The van der Waals surface area contributed by atoms with Crippen LogP contribution in [0.4, 0.5) is 0 Å². The summed E-state index contributed by atoms with van der Waals surface area (Å²) in [7, 11) is -2.09. The largest absolute Gasteiger partial charge is 0.419 e. The zero-order chi connectivity index (χ0) is 17.9. The van der Waals surface area contributed by atoms with Crippen molar-refractivity contribution in [3.8, 4) is 0 Å². The van der Waals surface area contributed by atoms with E-state index < -0.39 is 15.8 Å². The number of nitrogens with one attached hydrogen (secondary N) is 1. The monoisotopic (exact) mass is 358 g/mol. The van der Waals surface area contributed by atoms with Crippen LogP contribution in [0.2, 0.25) is 0 Å². The van der Waals surface area contributed by atoms with E-state index in [9.17, 15) is 13.2 Å². The second-order valence-corrected chi connectivity index (χ2v) is 7.32. The topological polar surface area (TPSA) is 81.3 Å². The lowest BCUT2D eigenvalue weighted by Crippen LogP contribution is -2.24. The quantitative estimate of drug-likeness (QED) is 0.687. The number of hydrogen-bond acceptors (Lipinski definition) is 4. The summed E-state index contributed by atoms with van der Waals surface area (Å²) in [6, 6.07) is 14.2. The normalized spacial score (nSPS) is 12.2. The minimum Gasteiger partial charge on any atom is -0.408 e. The van der Waals surface area contributed by atoms with Gasteiger partial charge < -0.3 is 4.42 Å². The van der Waals surface area contributed by atoms with Gasteiger partial charge in [-0.1, -0.05) is 42.5 Å². The Labute approximate surface area is 145 Å². The molecule has 130 valence electrons. The third-order valence-electron chi connectivity index (χ3n) is 3.79. The van der Waals surface area contributed by atoms with Gasteiger partial charge in [-0.15, -0.1) is 0 Å². The molecule has 2 aromatic carbocycles. The van der Waals surface area contributed by atoms with E-state index in [1.54, 1.807) is 13.1 Å². The molecule has 25 heavy (non-hydrogen) atoms. The molecule has 0 fully saturated rings. The van der Waals surface area contributed by atoms with Gasteiger partial charge in [0.1, 0.15) is 0 Å². The fourth-order valence-electron chi connectivity index (χ4n) is 2.42. The molecule has 7 heteroatoms. The zero-order valence-corrected chi connectivity index (χ0v) is 14.5. The van der Waals surface area contributed by atoms with Crippen LogP contribution >= 0.6 is 0 Å². The Balaban J connectivity index is 1.65. The summed E-state index contributed by atoms with van der Waals surface area (Å²) in [6.07, 6.45) is 4.42. The molecule has 0 aliphatic heterocycles. The van der Waals surface area contributed by atoms with Crippen molar-refractivity contribution >= 4 is 27.2 Å². The molecule has 3 aromatic rings. The van der Waals surface area contributed by atoms with Crippen molar-refractivity contribution < 1.29 is 12.8 Å². The van der Waals surface area contributed by atoms with E-state index in [0.29, 0.717) is 11.9 Å². The fraction of sp³-hybridized carbons (Fsp3) is 0.167. The molecule has 6 nitrogen and oxygen atoms in total. The van der Waals surface area contributed by atoms with Crippen molar-refractivity contribution in [3.63, 3.8) is 0 Å². The summed E-state index contributed by atoms with van der Waals surface area (Å²) in [6.45, 7) is 0.280. The first-order valence-corrected chi connectivity index (χ1v) is 9.26. The van der Waals surface area contributed by atoms with Gasteiger partial charge in [0.25, 0.3) is 0 Å². The van der Waals surface area contributed by atoms with Crippen LogP contribution in [0.3, 0.4) is 0 Å². The summed E-state index contributed by atoms with van der Waals surface area (Å²) in [5.74, 6) is -0.524. The van der Waals surface area contributed by atoms with Crippen LogP contribution in [0, 0.1) is 0 Å². The third-order valence-corrected chi connectivity index (χ3v) is 5.25. The molecule has 0 aliphatic rings. The Morgan fingerprint density at radius 1 is 1.16 bits per heavy atom. The van der Waals surface area contributed by atoms with Gasteiger partial charge in [-0.2, -0.15) is 0 Å². The van der Waals surface area contributed by atoms with Crippen LogP contribution in [0.1, 0.15) is 12.0 Å². The number of aromatic nitrogens is 1. The average molecular weight is 358 g/mol. The molecule has 1 N–H and O–H groups in total. The number of hydrogen-bond donors (Lipinski definition) is 1. The molecule has 0 spiro atoms. The van der Waals surface area contributed by atoms with E-state index in [2.05, 4.69) is 4.72 Å². The summed E-state index contributed by atoms with van der Waals surface area (Å²) in [5, 5.41) is 0. The highest BCUT2D eigenvalue weighted by atomic mass is 32.2. The standard InChI is InChI=1S/C18H18N2O4S/c1-20-16-11-10-15(13-17(16)24-18(20)21)25(22,23)19-12-6-5-9-14-7-3-2-4-8-14/h2-5,7-11,13,19H,6,12H2,1H3/b9-5+. The molecule has 1 aromatic heterocycles. The van der Waals surface area contributed by atoms with Gasteiger partial charge in [0.2, 0.25) is 10.0 Å². The molecule has 0 amide bonds. The van der Waals surface area contributed by atoms with Gasteiger partial charge in [-0.05, 0) is 24.1 Å². The Morgan fingerprint density at radius 3 is 2.68 bits per heavy atom. The van der Waals surface area contributed by atoms with E-state index in [1.165, 1.54) is 16.7 Å². The van der Waals surface area contributed by atoms with Crippen molar-refractivity contribution in [2.24, 2.45) is 7.05 Å². The number of nitrogens with zero attached hydrogens (tertiary/aromatic N) is 1. The van der Waals surface area contributed by atoms with E-state index in [-0.39, 0.29) is 17.0 Å². The molecule has 0 saturated heterocycles. The first-order valence-electron chi connectivity index (χ1n) is 7.78. The first-order chi connectivity index (χ1) is 12.0. The highest BCUT2D eigenvalue weighted by molar-refractivity contribution is 7.89. The summed E-state index contributed by atoms with van der Waals surface area (Å²) >= 11 is 0. The number of rotatable bonds is 6. The number of benzene rings is 2. The van der Waals surface area contributed by atoms with Crippen molar-refractivity contribution in [2.45, 2.75) is 11.3 Å². The maximum Gasteiger partial charge on any atom is 0.419 e. The second-order valence-electron chi connectivity index (χ2n) is 5.56. The van der Waals surface area contributed by atoms with Crippen LogP contribution in [0.5, 0.6) is 0 Å². The predicted octanol–water partition coefficient (Wildman–Crippen LogP) is 2.51. The third kappa shape index (κ3) is 3.89. The van der Waals surface area contributed by atoms with Crippen LogP contribution in [-0.2, 0) is 17.1 Å². The second kappa shape index (κ2) is 7.08. The van der Waals surface area contributed by atoms with E-state index >= 15 is 0 Å². The summed E-state index contributed by atoms with van der Waals surface area (Å²) < 4.78 is 33.6. The lowest BCUT2D eigenvalue weighted by atomic mass is 10.2. The minimum absolute atomic E-state index is 0.0707. The van der Waals surface area contributed by atoms with E-state index in [0.717, 1.165) is 5.56 Å². The van der Waals surface area contributed by atoms with Gasteiger partial charge in [0, 0.05) is 19.7 Å². The number of oxazole rings is 1. The Morgan fingerprint density at radius 2 is 1.92 bits per heavy atom. The van der Waals surface area contributed by atoms with Gasteiger partial charge >= 0.3 is 5.76 Å². The van der Waals surface area contributed by atoms with E-state index in [4.69, 9.17) is 4.42 Å². The molecular formula is C18H18N2O4S. The summed E-state index contributed by atoms with van der Waals surface area (Å²) in [4.78, 5) is 11.6. The highest BCUT2D eigenvalue weighted by Gasteiger charge is 2.16. The van der Waals surface area contributed by atoms with Crippen molar-refractivity contribution in [1.29, 1.82) is 0 Å². The molecule has 0 aliphatic carbocycles. The van der Waals surface area contributed by atoms with E-state index in [1.807, 2.05) is 42.5 Å². The van der Waals surface area contributed by atoms with Crippen molar-refractivity contribution in [1.82, 2.24) is 9.29 Å². The number of fused-ring (bicyclic) bond motifs is 1. The van der Waals surface area contributed by atoms with Gasteiger partial charge in [-0.25, -0.2) is 17.9 Å². The molecule has 0 radical (unpaired) electrons. The van der Waals surface area contributed by atoms with Gasteiger partial charge in [-0.3, -0.25) is 4.57 Å². The SMILES string of the molecule is Cn1c(=O)oc2cc(S(=O)(=O)NCC/C=C/c3ccccc3)ccc21.